The number of nitrogens with zero attached hydrogens (tertiary/aromatic N) is 1. The number of halogens is 1. The van der Waals surface area contributed by atoms with Gasteiger partial charge in [-0.25, -0.2) is 4.39 Å². The van der Waals surface area contributed by atoms with Crippen molar-refractivity contribution < 1.29 is 18.8 Å². The number of aryl methyl sites for hydroxylation is 1. The summed E-state index contributed by atoms with van der Waals surface area (Å²) in [5.41, 5.74) is 0.793. The lowest BCUT2D eigenvalue weighted by atomic mass is 9.63. The van der Waals surface area contributed by atoms with Crippen LogP contribution >= 0.6 is 0 Å². The van der Waals surface area contributed by atoms with Crippen molar-refractivity contribution in [3.8, 4) is 0 Å². The van der Waals surface area contributed by atoms with E-state index in [4.69, 9.17) is 0 Å². The Labute approximate surface area is 144 Å². The lowest BCUT2D eigenvalue weighted by molar-refractivity contribution is -0.142. The maximum Gasteiger partial charge on any atom is 0.244 e. The van der Waals surface area contributed by atoms with E-state index in [1.165, 1.54) is 6.07 Å². The molecule has 5 rings (SSSR count). The number of imide groups is 1. The maximum atomic E-state index is 13.6. The fraction of sp³-hybridized carbons (Fsp3) is 0.421. The number of fused-ring (bicyclic) bond motifs is 1. The van der Waals surface area contributed by atoms with E-state index in [2.05, 4.69) is 5.32 Å². The quantitative estimate of drug-likeness (QED) is 0.677. The predicted octanol–water partition coefficient (Wildman–Crippen LogP) is 2.27. The predicted molar refractivity (Wildman–Crippen MR) is 88.8 cm³/mol. The third kappa shape index (κ3) is 2.56. The van der Waals surface area contributed by atoms with Crippen LogP contribution in [0.1, 0.15) is 18.4 Å². The molecule has 4 atom stereocenters. The zero-order chi connectivity index (χ0) is 17.7. The summed E-state index contributed by atoms with van der Waals surface area (Å²) in [5.74, 6) is -1.85. The van der Waals surface area contributed by atoms with Crippen molar-refractivity contribution in [2.24, 2.45) is 23.7 Å². The van der Waals surface area contributed by atoms with E-state index in [0.717, 1.165) is 17.7 Å². The molecular weight excluding hydrogens is 323 g/mol. The molecular formula is C19H19FN2O3. The third-order valence-electron chi connectivity index (χ3n) is 5.61. The van der Waals surface area contributed by atoms with Crippen LogP contribution < -0.4 is 5.32 Å². The summed E-state index contributed by atoms with van der Waals surface area (Å²) in [6, 6.07) is 4.38. The van der Waals surface area contributed by atoms with E-state index in [-0.39, 0.29) is 42.0 Å². The SMILES string of the molecule is Cc1ccc(NC(=O)CN2C(=O)[C@@H]3[C@@H](C2=O)[C@H]2C=C[C@H]3CC2)cc1F. The number of nitrogens with one attached hydrogen (secondary N) is 1. The van der Waals surface area contributed by atoms with Crippen LogP contribution in [-0.4, -0.2) is 29.2 Å². The molecule has 0 radical (unpaired) electrons. The first-order valence-corrected chi connectivity index (χ1v) is 8.55. The van der Waals surface area contributed by atoms with Crippen molar-refractivity contribution in [2.75, 3.05) is 11.9 Å². The number of rotatable bonds is 3. The Morgan fingerprint density at radius 1 is 1.16 bits per heavy atom. The van der Waals surface area contributed by atoms with Gasteiger partial charge >= 0.3 is 0 Å². The van der Waals surface area contributed by atoms with Gasteiger partial charge in [0.2, 0.25) is 17.7 Å². The normalized spacial score (nSPS) is 29.9. The molecule has 6 heteroatoms. The highest BCUT2D eigenvalue weighted by Gasteiger charge is 2.56. The Balaban J connectivity index is 1.47. The van der Waals surface area contributed by atoms with Gasteiger partial charge in [0.25, 0.3) is 0 Å². The van der Waals surface area contributed by atoms with Gasteiger partial charge in [-0.1, -0.05) is 18.2 Å². The molecule has 0 aromatic heterocycles. The van der Waals surface area contributed by atoms with Crippen LogP contribution in [-0.2, 0) is 14.4 Å². The molecule has 130 valence electrons. The van der Waals surface area contributed by atoms with Crippen LogP contribution in [0.25, 0.3) is 0 Å². The molecule has 1 saturated heterocycles. The van der Waals surface area contributed by atoms with Gasteiger partial charge in [-0.2, -0.15) is 0 Å². The van der Waals surface area contributed by atoms with Crippen LogP contribution in [0.2, 0.25) is 0 Å². The number of carbonyl (C=O) groups is 3. The minimum atomic E-state index is -0.496. The Morgan fingerprint density at radius 2 is 1.76 bits per heavy atom. The summed E-state index contributed by atoms with van der Waals surface area (Å²) in [7, 11) is 0. The number of amides is 3. The van der Waals surface area contributed by atoms with E-state index >= 15 is 0 Å². The van der Waals surface area contributed by atoms with Gasteiger partial charge in [-0.3, -0.25) is 19.3 Å². The minimum absolute atomic E-state index is 0.103. The van der Waals surface area contributed by atoms with Gasteiger partial charge in [0.05, 0.1) is 11.8 Å². The number of hydrogen-bond acceptors (Lipinski definition) is 3. The van der Waals surface area contributed by atoms with E-state index < -0.39 is 11.7 Å². The largest absolute Gasteiger partial charge is 0.324 e. The van der Waals surface area contributed by atoms with Gasteiger partial charge < -0.3 is 5.32 Å². The first kappa shape index (κ1) is 16.0. The van der Waals surface area contributed by atoms with Crippen molar-refractivity contribution in [1.29, 1.82) is 0 Å². The van der Waals surface area contributed by atoms with E-state index in [1.807, 2.05) is 12.2 Å². The lowest BCUT2D eigenvalue weighted by Crippen LogP contribution is -2.38. The molecule has 2 fully saturated rings. The molecule has 3 amide bonds. The van der Waals surface area contributed by atoms with Crippen molar-refractivity contribution in [3.05, 3.63) is 41.7 Å². The summed E-state index contributed by atoms with van der Waals surface area (Å²) in [6.45, 7) is 1.31. The molecule has 1 aliphatic heterocycles. The number of hydrogen-bond donors (Lipinski definition) is 1. The number of likely N-dealkylation sites (tertiary alicyclic amines) is 1. The first-order chi connectivity index (χ1) is 12.0. The smallest absolute Gasteiger partial charge is 0.244 e. The average molecular weight is 342 g/mol. The summed E-state index contributed by atoms with van der Waals surface area (Å²) in [6.07, 6.45) is 5.92. The Hall–Kier alpha value is -2.50. The Bertz CT molecular complexity index is 772. The van der Waals surface area contributed by atoms with E-state index in [0.29, 0.717) is 11.3 Å². The molecule has 1 saturated carbocycles. The van der Waals surface area contributed by atoms with Crippen molar-refractivity contribution in [1.82, 2.24) is 4.90 Å². The molecule has 0 spiro atoms. The van der Waals surface area contributed by atoms with Gasteiger partial charge in [0.15, 0.2) is 0 Å². The fourth-order valence-corrected chi connectivity index (χ4v) is 4.31. The topological polar surface area (TPSA) is 66.5 Å². The molecule has 1 N–H and O–H groups in total. The summed E-state index contributed by atoms with van der Waals surface area (Å²) in [4.78, 5) is 38.6. The van der Waals surface area contributed by atoms with Crippen molar-refractivity contribution in [2.45, 2.75) is 19.8 Å². The van der Waals surface area contributed by atoms with Crippen LogP contribution in [0.5, 0.6) is 0 Å². The van der Waals surface area contributed by atoms with Gasteiger partial charge in [0.1, 0.15) is 12.4 Å². The number of anilines is 1. The van der Waals surface area contributed by atoms with Crippen LogP contribution in [0.4, 0.5) is 10.1 Å². The Morgan fingerprint density at radius 3 is 2.28 bits per heavy atom. The number of benzene rings is 1. The molecule has 0 unspecified atom stereocenters. The summed E-state index contributed by atoms with van der Waals surface area (Å²) in [5, 5.41) is 2.56. The Kier molecular flexibility index (Phi) is 3.71. The van der Waals surface area contributed by atoms with Crippen molar-refractivity contribution in [3.63, 3.8) is 0 Å². The molecule has 4 aliphatic rings. The summed E-state index contributed by atoms with van der Waals surface area (Å²) >= 11 is 0. The monoisotopic (exact) mass is 342 g/mol. The second-order valence-electron chi connectivity index (χ2n) is 7.12. The highest BCUT2D eigenvalue weighted by atomic mass is 19.1. The third-order valence-corrected chi connectivity index (χ3v) is 5.61. The zero-order valence-electron chi connectivity index (χ0n) is 13.9. The van der Waals surface area contributed by atoms with Crippen LogP contribution in [0, 0.1) is 36.4 Å². The molecule has 2 bridgehead atoms. The molecule has 1 aromatic rings. The average Bonchev–Trinajstić information content (AvgIpc) is 2.86. The molecule has 25 heavy (non-hydrogen) atoms. The van der Waals surface area contributed by atoms with E-state index in [1.54, 1.807) is 19.1 Å². The van der Waals surface area contributed by atoms with Gasteiger partial charge in [-0.15, -0.1) is 0 Å². The highest BCUT2D eigenvalue weighted by Crippen LogP contribution is 2.49. The number of allylic oxidation sites excluding steroid dienone is 2. The van der Waals surface area contributed by atoms with Gasteiger partial charge in [-0.05, 0) is 49.3 Å². The van der Waals surface area contributed by atoms with Gasteiger partial charge in [0, 0.05) is 5.69 Å². The lowest BCUT2D eigenvalue weighted by Gasteiger charge is -2.38. The highest BCUT2D eigenvalue weighted by molar-refractivity contribution is 6.09. The fourth-order valence-electron chi connectivity index (χ4n) is 4.31. The van der Waals surface area contributed by atoms with E-state index in [9.17, 15) is 18.8 Å². The molecule has 5 nitrogen and oxygen atoms in total. The summed E-state index contributed by atoms with van der Waals surface area (Å²) < 4.78 is 13.6. The minimum Gasteiger partial charge on any atom is -0.324 e. The standard InChI is InChI=1S/C19H19FN2O3/c1-10-2-7-13(8-14(10)20)21-15(23)9-22-18(24)16-11-3-4-12(6-5-11)17(16)19(22)25/h2-4,7-8,11-12,16-17H,5-6,9H2,1H3,(H,21,23)/t11-,12-,16-,17-/m0/s1. The zero-order valence-corrected chi connectivity index (χ0v) is 13.9. The second kappa shape index (κ2) is 5.79. The molecule has 1 aromatic carbocycles. The van der Waals surface area contributed by atoms with Crippen LogP contribution in [0.15, 0.2) is 30.4 Å². The number of carbonyl (C=O) groups excluding carboxylic acids is 3. The second-order valence-corrected chi connectivity index (χ2v) is 7.12. The molecule has 3 aliphatic carbocycles. The van der Waals surface area contributed by atoms with Crippen LogP contribution in [0.3, 0.4) is 0 Å². The first-order valence-electron chi connectivity index (χ1n) is 8.55. The van der Waals surface area contributed by atoms with Crippen molar-refractivity contribution >= 4 is 23.4 Å². The maximum absolute atomic E-state index is 13.6. The molecule has 1 heterocycles.